The summed E-state index contributed by atoms with van der Waals surface area (Å²) in [5.41, 5.74) is 2.19. The van der Waals surface area contributed by atoms with Gasteiger partial charge in [-0.25, -0.2) is 4.98 Å². The van der Waals surface area contributed by atoms with E-state index in [4.69, 9.17) is 0 Å². The number of rotatable bonds is 3. The van der Waals surface area contributed by atoms with Crippen molar-refractivity contribution in [2.24, 2.45) is 0 Å². The molecule has 3 aromatic rings. The topological polar surface area (TPSA) is 49.8 Å². The summed E-state index contributed by atoms with van der Waals surface area (Å²) >= 11 is 5.12. The Morgan fingerprint density at radius 1 is 1.20 bits per heavy atom. The number of aromatic nitrogens is 2. The van der Waals surface area contributed by atoms with Gasteiger partial charge < -0.3 is 10.6 Å². The Morgan fingerprint density at radius 3 is 2.80 bits per heavy atom. The molecule has 1 aromatic carbocycles. The Hall–Kier alpha value is -1.66. The van der Waals surface area contributed by atoms with Crippen molar-refractivity contribution in [1.29, 1.82) is 0 Å². The first-order chi connectivity index (χ1) is 9.67. The third-order valence-corrected chi connectivity index (χ3v) is 4.67. The molecule has 3 rings (SSSR count). The lowest BCUT2D eigenvalue weighted by molar-refractivity contribution is 1.20. The molecule has 20 heavy (non-hydrogen) atoms. The maximum atomic E-state index is 4.50. The van der Waals surface area contributed by atoms with E-state index in [1.807, 2.05) is 30.6 Å². The van der Waals surface area contributed by atoms with Crippen molar-refractivity contribution in [2.75, 3.05) is 17.7 Å². The molecule has 0 aliphatic heterocycles. The maximum absolute atomic E-state index is 4.50. The van der Waals surface area contributed by atoms with Crippen molar-refractivity contribution in [3.8, 4) is 0 Å². The van der Waals surface area contributed by atoms with E-state index in [0.29, 0.717) is 5.95 Å². The smallest absolute Gasteiger partial charge is 0.225 e. The molecular weight excluding hydrogens is 336 g/mol. The summed E-state index contributed by atoms with van der Waals surface area (Å²) in [7, 11) is 1.82. The van der Waals surface area contributed by atoms with Crippen LogP contribution in [0.2, 0.25) is 0 Å². The van der Waals surface area contributed by atoms with Gasteiger partial charge in [-0.05, 0) is 42.1 Å². The number of aryl methyl sites for hydroxylation is 1. The molecule has 2 aromatic heterocycles. The lowest BCUT2D eigenvalue weighted by Crippen LogP contribution is -2.01. The predicted molar refractivity (Wildman–Crippen MR) is 89.1 cm³/mol. The molecule has 0 saturated carbocycles. The molecule has 0 aliphatic carbocycles. The highest BCUT2D eigenvalue weighted by molar-refractivity contribution is 9.10. The molecule has 0 atom stereocenters. The molecule has 2 heterocycles. The van der Waals surface area contributed by atoms with Gasteiger partial charge in [0.25, 0.3) is 0 Å². The van der Waals surface area contributed by atoms with E-state index in [-0.39, 0.29) is 0 Å². The third-order valence-electron chi connectivity index (χ3n) is 2.97. The minimum absolute atomic E-state index is 0.622. The third kappa shape index (κ3) is 2.48. The second kappa shape index (κ2) is 5.38. The van der Waals surface area contributed by atoms with Crippen LogP contribution in [0.1, 0.15) is 5.56 Å². The van der Waals surface area contributed by atoms with Crippen LogP contribution in [0.5, 0.6) is 0 Å². The van der Waals surface area contributed by atoms with Crippen LogP contribution in [-0.4, -0.2) is 17.0 Å². The van der Waals surface area contributed by atoms with Crippen molar-refractivity contribution in [3.05, 3.63) is 39.7 Å². The number of hydrogen-bond donors (Lipinski definition) is 2. The second-order valence-corrected chi connectivity index (χ2v) is 6.12. The van der Waals surface area contributed by atoms with E-state index in [0.717, 1.165) is 26.2 Å². The first kappa shape index (κ1) is 13.3. The molecule has 0 radical (unpaired) electrons. The Morgan fingerprint density at radius 2 is 2.05 bits per heavy atom. The Labute approximate surface area is 129 Å². The molecule has 0 spiro atoms. The van der Waals surface area contributed by atoms with E-state index < -0.39 is 0 Å². The fourth-order valence-electron chi connectivity index (χ4n) is 1.92. The molecule has 0 aliphatic rings. The van der Waals surface area contributed by atoms with E-state index in [1.54, 1.807) is 11.3 Å². The second-order valence-electron chi connectivity index (χ2n) is 4.37. The van der Waals surface area contributed by atoms with Crippen LogP contribution in [0.3, 0.4) is 0 Å². The fraction of sp³-hybridized carbons (Fsp3) is 0.143. The van der Waals surface area contributed by atoms with Crippen LogP contribution < -0.4 is 10.6 Å². The largest absolute Gasteiger partial charge is 0.357 e. The van der Waals surface area contributed by atoms with Crippen LogP contribution in [0.15, 0.2) is 34.1 Å². The number of anilines is 3. The number of thiophene rings is 1. The number of nitrogens with one attached hydrogen (secondary N) is 2. The van der Waals surface area contributed by atoms with E-state index >= 15 is 0 Å². The number of benzene rings is 1. The molecule has 4 nitrogen and oxygen atoms in total. The van der Waals surface area contributed by atoms with Gasteiger partial charge in [0, 0.05) is 17.2 Å². The molecule has 0 bridgehead atoms. The van der Waals surface area contributed by atoms with Crippen molar-refractivity contribution in [2.45, 2.75) is 6.92 Å². The number of hydrogen-bond acceptors (Lipinski definition) is 5. The summed E-state index contributed by atoms with van der Waals surface area (Å²) in [6, 6.07) is 8.18. The maximum Gasteiger partial charge on any atom is 0.225 e. The van der Waals surface area contributed by atoms with Gasteiger partial charge in [-0.2, -0.15) is 4.98 Å². The lowest BCUT2D eigenvalue weighted by Gasteiger charge is -2.10. The van der Waals surface area contributed by atoms with Gasteiger partial charge >= 0.3 is 0 Å². The first-order valence-corrected chi connectivity index (χ1v) is 7.81. The summed E-state index contributed by atoms with van der Waals surface area (Å²) < 4.78 is 1.10. The monoisotopic (exact) mass is 348 g/mol. The van der Waals surface area contributed by atoms with Gasteiger partial charge in [-0.1, -0.05) is 15.9 Å². The van der Waals surface area contributed by atoms with Crippen molar-refractivity contribution < 1.29 is 0 Å². The SMILES string of the molecule is CNc1nc(Nc2ccc(Br)c(C)c2)c2ccsc2n1. The van der Waals surface area contributed by atoms with Crippen molar-refractivity contribution in [1.82, 2.24) is 9.97 Å². The molecule has 0 saturated heterocycles. The quantitative estimate of drug-likeness (QED) is 0.729. The van der Waals surface area contributed by atoms with Crippen LogP contribution in [0.4, 0.5) is 17.5 Å². The van der Waals surface area contributed by atoms with E-state index in [1.165, 1.54) is 5.56 Å². The van der Waals surface area contributed by atoms with Crippen LogP contribution in [0.25, 0.3) is 10.2 Å². The molecule has 0 amide bonds. The Bertz CT molecular complexity index is 769. The number of fused-ring (bicyclic) bond motifs is 1. The van der Waals surface area contributed by atoms with Crippen LogP contribution >= 0.6 is 27.3 Å². The van der Waals surface area contributed by atoms with Crippen molar-refractivity contribution in [3.63, 3.8) is 0 Å². The zero-order chi connectivity index (χ0) is 14.1. The predicted octanol–water partition coefficient (Wildman–Crippen LogP) is 4.55. The van der Waals surface area contributed by atoms with Crippen LogP contribution in [-0.2, 0) is 0 Å². The molecular formula is C14H13BrN4S. The standard InChI is InChI=1S/C14H13BrN4S/c1-8-7-9(3-4-11(8)15)17-12-10-5-6-20-13(10)19-14(16-2)18-12/h3-7H,1-2H3,(H2,16,17,18,19). The zero-order valence-corrected chi connectivity index (χ0v) is 13.5. The molecule has 102 valence electrons. The molecule has 2 N–H and O–H groups in total. The lowest BCUT2D eigenvalue weighted by atomic mass is 10.2. The molecule has 0 fully saturated rings. The highest BCUT2D eigenvalue weighted by Gasteiger charge is 2.09. The summed E-state index contributed by atoms with van der Waals surface area (Å²) in [4.78, 5) is 9.91. The summed E-state index contributed by atoms with van der Waals surface area (Å²) in [5.74, 6) is 1.44. The average Bonchev–Trinajstić information content (AvgIpc) is 2.91. The van der Waals surface area contributed by atoms with Gasteiger partial charge in [-0.15, -0.1) is 11.3 Å². The Balaban J connectivity index is 2.04. The van der Waals surface area contributed by atoms with Gasteiger partial charge in [0.1, 0.15) is 10.6 Å². The Kier molecular flexibility index (Phi) is 3.58. The minimum atomic E-state index is 0.622. The van der Waals surface area contributed by atoms with Gasteiger partial charge in [0.05, 0.1) is 5.39 Å². The highest BCUT2D eigenvalue weighted by Crippen LogP contribution is 2.29. The molecule has 6 heteroatoms. The zero-order valence-electron chi connectivity index (χ0n) is 11.1. The number of halogens is 1. The summed E-state index contributed by atoms with van der Waals surface area (Å²) in [6.07, 6.45) is 0. The highest BCUT2D eigenvalue weighted by atomic mass is 79.9. The minimum Gasteiger partial charge on any atom is -0.357 e. The first-order valence-electron chi connectivity index (χ1n) is 6.13. The van der Waals surface area contributed by atoms with Crippen molar-refractivity contribution >= 4 is 54.9 Å². The van der Waals surface area contributed by atoms with Gasteiger partial charge in [-0.3, -0.25) is 0 Å². The normalized spacial score (nSPS) is 10.8. The van der Waals surface area contributed by atoms with E-state index in [9.17, 15) is 0 Å². The van der Waals surface area contributed by atoms with E-state index in [2.05, 4.69) is 49.5 Å². The molecule has 0 unspecified atom stereocenters. The summed E-state index contributed by atoms with van der Waals surface area (Å²) in [6.45, 7) is 2.06. The van der Waals surface area contributed by atoms with Gasteiger partial charge in [0.15, 0.2) is 0 Å². The van der Waals surface area contributed by atoms with Crippen LogP contribution in [0, 0.1) is 6.92 Å². The summed E-state index contributed by atoms with van der Waals surface area (Å²) in [5, 5.41) is 9.42. The average molecular weight is 349 g/mol. The number of nitrogens with zero attached hydrogens (tertiary/aromatic N) is 2. The van der Waals surface area contributed by atoms with Gasteiger partial charge in [0.2, 0.25) is 5.95 Å². The fourth-order valence-corrected chi connectivity index (χ4v) is 2.93.